The third-order valence-electron chi connectivity index (χ3n) is 7.10. The lowest BCUT2D eigenvalue weighted by atomic mass is 10.1. The summed E-state index contributed by atoms with van der Waals surface area (Å²) >= 11 is 1.70. The van der Waals surface area contributed by atoms with E-state index >= 15 is 0 Å². The zero-order valence-electron chi connectivity index (χ0n) is 22.3. The molecule has 41 heavy (non-hydrogen) atoms. The summed E-state index contributed by atoms with van der Waals surface area (Å²) in [6.45, 7) is 1.69. The zero-order valence-corrected chi connectivity index (χ0v) is 23.1. The van der Waals surface area contributed by atoms with Gasteiger partial charge in [0.1, 0.15) is 24.3 Å². The fourth-order valence-electron chi connectivity index (χ4n) is 5.11. The van der Waals surface area contributed by atoms with Gasteiger partial charge in [-0.2, -0.15) is 4.98 Å². The summed E-state index contributed by atoms with van der Waals surface area (Å²) in [4.78, 5) is 26.3. The Bertz CT molecular complexity index is 1650. The Hall–Kier alpha value is -4.54. The van der Waals surface area contributed by atoms with Gasteiger partial charge in [-0.05, 0) is 60.2 Å². The van der Waals surface area contributed by atoms with Gasteiger partial charge in [-0.3, -0.25) is 10.1 Å². The van der Waals surface area contributed by atoms with Crippen molar-refractivity contribution in [2.75, 3.05) is 36.0 Å². The summed E-state index contributed by atoms with van der Waals surface area (Å²) < 4.78 is 5.82. The van der Waals surface area contributed by atoms with E-state index in [1.165, 1.54) is 10.9 Å². The average Bonchev–Trinajstić information content (AvgIpc) is 3.68. The van der Waals surface area contributed by atoms with Gasteiger partial charge in [-0.25, -0.2) is 4.98 Å². The van der Waals surface area contributed by atoms with E-state index in [1.807, 2.05) is 65.6 Å². The van der Waals surface area contributed by atoms with Crippen molar-refractivity contribution in [1.82, 2.24) is 9.97 Å². The Kier molecular flexibility index (Phi) is 7.75. The van der Waals surface area contributed by atoms with Crippen molar-refractivity contribution in [3.8, 4) is 5.75 Å². The van der Waals surface area contributed by atoms with Crippen molar-refractivity contribution < 1.29 is 14.8 Å². The van der Waals surface area contributed by atoms with E-state index < -0.39 is 6.10 Å². The minimum atomic E-state index is -0.773. The lowest BCUT2D eigenvalue weighted by Crippen LogP contribution is -2.38. The number of nitrogens with zero attached hydrogens (tertiary/aromatic N) is 5. The van der Waals surface area contributed by atoms with Crippen molar-refractivity contribution >= 4 is 45.4 Å². The molecular formula is C31H29N5O4S. The molecule has 9 nitrogen and oxygen atoms in total. The van der Waals surface area contributed by atoms with Gasteiger partial charge in [0, 0.05) is 41.2 Å². The third-order valence-corrected chi connectivity index (χ3v) is 8.04. The van der Waals surface area contributed by atoms with E-state index in [9.17, 15) is 15.2 Å². The molecule has 6 rings (SSSR count). The fourth-order valence-corrected chi connectivity index (χ4v) is 5.80. The van der Waals surface area contributed by atoms with Crippen LogP contribution >= 0.6 is 11.3 Å². The molecule has 208 valence electrons. The molecule has 1 atom stereocenters. The third kappa shape index (κ3) is 5.98. The number of aliphatic hydroxyl groups is 1. The van der Waals surface area contributed by atoms with Gasteiger partial charge in [0.05, 0.1) is 17.0 Å². The number of aromatic nitrogens is 2. The highest BCUT2D eigenvalue weighted by Crippen LogP contribution is 2.39. The average molecular weight is 568 g/mol. The molecule has 0 saturated heterocycles. The topological polar surface area (TPSA) is 105 Å². The molecule has 0 aliphatic carbocycles. The van der Waals surface area contributed by atoms with Crippen molar-refractivity contribution in [1.29, 1.82) is 0 Å². The number of fused-ring (bicyclic) bond motifs is 2. The quantitative estimate of drug-likeness (QED) is 0.158. The van der Waals surface area contributed by atoms with Gasteiger partial charge < -0.3 is 19.6 Å². The fraction of sp³-hybridized carbons (Fsp3) is 0.226. The molecule has 3 heterocycles. The van der Waals surface area contributed by atoms with Crippen LogP contribution in [-0.2, 0) is 12.8 Å². The molecule has 5 aromatic rings. The van der Waals surface area contributed by atoms with Crippen LogP contribution in [0.25, 0.3) is 10.9 Å². The first-order chi connectivity index (χ1) is 20.0. The number of hydrogen-bond donors (Lipinski definition) is 1. The van der Waals surface area contributed by atoms with Crippen LogP contribution in [0.5, 0.6) is 5.75 Å². The summed E-state index contributed by atoms with van der Waals surface area (Å²) in [6.07, 6.45) is 0.693. The van der Waals surface area contributed by atoms with Gasteiger partial charge in [0.15, 0.2) is 0 Å². The Balaban J connectivity index is 1.33. The number of para-hydroxylation sites is 2. The van der Waals surface area contributed by atoms with E-state index in [-0.39, 0.29) is 17.2 Å². The van der Waals surface area contributed by atoms with Crippen LogP contribution in [0.15, 0.2) is 90.3 Å². The molecule has 1 aliphatic heterocycles. The number of thiophene rings is 1. The maximum atomic E-state index is 11.3. The van der Waals surface area contributed by atoms with Gasteiger partial charge in [-0.15, -0.1) is 11.3 Å². The summed E-state index contributed by atoms with van der Waals surface area (Å²) in [6, 6.07) is 26.4. The largest absolute Gasteiger partial charge is 0.491 e. The molecule has 0 amide bonds. The van der Waals surface area contributed by atoms with Crippen molar-refractivity contribution in [3.05, 3.63) is 111 Å². The van der Waals surface area contributed by atoms with Crippen LogP contribution in [0.2, 0.25) is 0 Å². The number of anilines is 3. The minimum Gasteiger partial charge on any atom is -0.491 e. The minimum absolute atomic E-state index is 0.0882. The molecule has 1 aliphatic rings. The normalized spacial score (nSPS) is 13.2. The van der Waals surface area contributed by atoms with Crippen molar-refractivity contribution in [2.45, 2.75) is 18.9 Å². The maximum absolute atomic E-state index is 11.3. The molecule has 0 spiro atoms. The van der Waals surface area contributed by atoms with Crippen LogP contribution in [0, 0.1) is 10.1 Å². The molecule has 0 bridgehead atoms. The van der Waals surface area contributed by atoms with Crippen molar-refractivity contribution in [3.63, 3.8) is 0 Å². The number of aliphatic hydroxyl groups excluding tert-OH is 1. The number of hydrogen-bond acceptors (Lipinski definition) is 9. The van der Waals surface area contributed by atoms with E-state index in [0.29, 0.717) is 37.8 Å². The Morgan fingerprint density at radius 3 is 2.68 bits per heavy atom. The Morgan fingerprint density at radius 2 is 1.88 bits per heavy atom. The predicted octanol–water partition coefficient (Wildman–Crippen LogP) is 5.78. The van der Waals surface area contributed by atoms with Gasteiger partial charge in [0.25, 0.3) is 5.69 Å². The lowest BCUT2D eigenvalue weighted by molar-refractivity contribution is -0.384. The van der Waals surface area contributed by atoms with Gasteiger partial charge >= 0.3 is 0 Å². The lowest BCUT2D eigenvalue weighted by Gasteiger charge is -2.28. The Labute approximate surface area is 241 Å². The SMILES string of the molecule is O=[N+]([O-])c1ccc2c(c1)CCN2c1nc(N(CCc2cccs2)CC(O)COc2ccccc2)nc2ccccc12. The second-order valence-corrected chi connectivity index (χ2v) is 10.9. The first-order valence-corrected chi connectivity index (χ1v) is 14.4. The summed E-state index contributed by atoms with van der Waals surface area (Å²) in [5.41, 5.74) is 2.71. The number of benzene rings is 3. The van der Waals surface area contributed by atoms with E-state index in [4.69, 9.17) is 14.7 Å². The summed E-state index contributed by atoms with van der Waals surface area (Å²) in [7, 11) is 0. The summed E-state index contributed by atoms with van der Waals surface area (Å²) in [5, 5.41) is 25.3. The summed E-state index contributed by atoms with van der Waals surface area (Å²) in [5.74, 6) is 1.97. The second-order valence-electron chi connectivity index (χ2n) is 9.89. The molecule has 10 heteroatoms. The standard InChI is InChI=1S/C31H29N5O4S/c37-24(21-40-25-7-2-1-3-8-25)20-34(16-15-26-9-6-18-41-26)31-32-28-11-5-4-10-27(28)30(33-31)35-17-14-22-19-23(36(38)39)12-13-29(22)35/h1-13,18-19,24,37H,14-17,20-21H2. The van der Waals surface area contributed by atoms with E-state index in [1.54, 1.807) is 23.5 Å². The smallest absolute Gasteiger partial charge is 0.269 e. The molecule has 3 aromatic carbocycles. The maximum Gasteiger partial charge on any atom is 0.269 e. The molecule has 2 aromatic heterocycles. The van der Waals surface area contributed by atoms with Gasteiger partial charge in [0.2, 0.25) is 5.95 Å². The zero-order chi connectivity index (χ0) is 28.2. The molecule has 0 fully saturated rings. The highest BCUT2D eigenvalue weighted by molar-refractivity contribution is 7.09. The van der Waals surface area contributed by atoms with Crippen LogP contribution < -0.4 is 14.5 Å². The number of non-ortho nitro benzene ring substituents is 1. The highest BCUT2D eigenvalue weighted by atomic mass is 32.1. The van der Waals surface area contributed by atoms with E-state index in [0.717, 1.165) is 34.4 Å². The van der Waals surface area contributed by atoms with Gasteiger partial charge in [-0.1, -0.05) is 36.4 Å². The second kappa shape index (κ2) is 11.9. The first-order valence-electron chi connectivity index (χ1n) is 13.5. The molecule has 1 N–H and O–H groups in total. The van der Waals surface area contributed by atoms with Crippen LogP contribution in [0.3, 0.4) is 0 Å². The monoisotopic (exact) mass is 567 g/mol. The predicted molar refractivity (Wildman–Crippen MR) is 162 cm³/mol. The number of ether oxygens (including phenoxy) is 1. The van der Waals surface area contributed by atoms with Crippen molar-refractivity contribution in [2.24, 2.45) is 0 Å². The molecular weight excluding hydrogens is 538 g/mol. The highest BCUT2D eigenvalue weighted by Gasteiger charge is 2.27. The number of nitro benzene ring substituents is 1. The molecule has 1 unspecified atom stereocenters. The van der Waals surface area contributed by atoms with Crippen LogP contribution in [0.4, 0.5) is 23.1 Å². The molecule has 0 saturated carbocycles. The number of rotatable bonds is 11. The molecule has 0 radical (unpaired) electrons. The van der Waals surface area contributed by atoms with Crippen LogP contribution in [0.1, 0.15) is 10.4 Å². The van der Waals surface area contributed by atoms with E-state index in [2.05, 4.69) is 16.3 Å². The van der Waals surface area contributed by atoms with Crippen LogP contribution in [-0.4, -0.2) is 52.3 Å². The number of nitro groups is 1. The Morgan fingerprint density at radius 1 is 1.05 bits per heavy atom. The first kappa shape index (κ1) is 26.7.